The maximum Gasteiger partial charge on any atom is 0.326 e. The second kappa shape index (κ2) is 14.1. The van der Waals surface area contributed by atoms with Gasteiger partial charge in [-0.05, 0) is 30.8 Å². The van der Waals surface area contributed by atoms with Crippen LogP contribution in [0.4, 0.5) is 0 Å². The fourth-order valence-corrected chi connectivity index (χ4v) is 2.77. The van der Waals surface area contributed by atoms with E-state index in [1.165, 1.54) is 11.8 Å². The fourth-order valence-electron chi connectivity index (χ4n) is 2.30. The number of carbonyl (C=O) groups excluding carboxylic acids is 3. The molecule has 0 saturated carbocycles. The smallest absolute Gasteiger partial charge is 0.326 e. The molecule has 0 spiro atoms. The zero-order valence-electron chi connectivity index (χ0n) is 16.9. The molecule has 12 heteroatoms. The highest BCUT2D eigenvalue weighted by atomic mass is 32.2. The summed E-state index contributed by atoms with van der Waals surface area (Å²) in [6.07, 6.45) is 2.20. The molecule has 0 radical (unpaired) electrons. The third kappa shape index (κ3) is 10.5. The lowest BCUT2D eigenvalue weighted by Gasteiger charge is -2.25. The van der Waals surface area contributed by atoms with Gasteiger partial charge in [0.2, 0.25) is 17.7 Å². The minimum atomic E-state index is -1.39. The van der Waals surface area contributed by atoms with Crippen LogP contribution in [0, 0.1) is 5.92 Å². The molecule has 0 aliphatic heterocycles. The Hall–Kier alpha value is -1.89. The van der Waals surface area contributed by atoms with Crippen molar-refractivity contribution >= 4 is 35.5 Å². The van der Waals surface area contributed by atoms with Crippen molar-refractivity contribution in [3.05, 3.63) is 0 Å². The number of aliphatic hydroxyl groups is 2. The minimum Gasteiger partial charge on any atom is -0.480 e. The van der Waals surface area contributed by atoms with Crippen LogP contribution in [0.2, 0.25) is 0 Å². The van der Waals surface area contributed by atoms with Crippen molar-refractivity contribution in [3.63, 3.8) is 0 Å². The van der Waals surface area contributed by atoms with Crippen molar-refractivity contribution in [1.82, 2.24) is 16.0 Å². The van der Waals surface area contributed by atoms with Crippen molar-refractivity contribution in [1.29, 1.82) is 0 Å². The van der Waals surface area contributed by atoms with Crippen molar-refractivity contribution in [2.75, 3.05) is 25.2 Å². The van der Waals surface area contributed by atoms with E-state index in [0.29, 0.717) is 5.75 Å². The van der Waals surface area contributed by atoms with E-state index in [9.17, 15) is 29.4 Å². The number of hydrogen-bond donors (Lipinski definition) is 7. The van der Waals surface area contributed by atoms with Gasteiger partial charge in [-0.3, -0.25) is 14.4 Å². The molecule has 0 rings (SSSR count). The van der Waals surface area contributed by atoms with Gasteiger partial charge in [0.1, 0.15) is 24.2 Å². The highest BCUT2D eigenvalue weighted by Gasteiger charge is 2.30. The molecule has 0 bridgehead atoms. The van der Waals surface area contributed by atoms with Gasteiger partial charge in [-0.1, -0.05) is 13.8 Å². The summed E-state index contributed by atoms with van der Waals surface area (Å²) in [5.74, 6) is -3.04. The van der Waals surface area contributed by atoms with Crippen molar-refractivity contribution in [2.24, 2.45) is 11.7 Å². The number of carboxylic acid groups (broad SMARTS) is 1. The maximum atomic E-state index is 12.6. The first-order chi connectivity index (χ1) is 13.6. The summed E-state index contributed by atoms with van der Waals surface area (Å²) in [6.45, 7) is 2.27. The Labute approximate surface area is 174 Å². The zero-order valence-corrected chi connectivity index (χ0v) is 17.7. The Morgan fingerprint density at radius 1 is 0.897 bits per heavy atom. The van der Waals surface area contributed by atoms with E-state index < -0.39 is 61.1 Å². The average Bonchev–Trinajstić information content (AvgIpc) is 2.66. The number of carbonyl (C=O) groups is 4. The molecule has 0 aromatic heterocycles. The van der Waals surface area contributed by atoms with Gasteiger partial charge in [-0.25, -0.2) is 4.79 Å². The van der Waals surface area contributed by atoms with E-state index in [1.54, 1.807) is 6.26 Å². The van der Waals surface area contributed by atoms with E-state index in [-0.39, 0.29) is 18.8 Å². The number of hydrogen-bond acceptors (Lipinski definition) is 8. The maximum absolute atomic E-state index is 12.6. The second-order valence-corrected chi connectivity index (χ2v) is 7.89. The van der Waals surface area contributed by atoms with Crippen molar-refractivity contribution in [2.45, 2.75) is 50.9 Å². The van der Waals surface area contributed by atoms with Crippen LogP contribution < -0.4 is 21.7 Å². The third-order valence-corrected chi connectivity index (χ3v) is 4.56. The fraction of sp³-hybridized carbons (Fsp3) is 0.765. The number of aliphatic carboxylic acids is 1. The third-order valence-electron chi connectivity index (χ3n) is 3.91. The molecule has 0 aliphatic carbocycles. The van der Waals surface area contributed by atoms with Crippen molar-refractivity contribution in [3.8, 4) is 0 Å². The Balaban J connectivity index is 5.13. The lowest BCUT2D eigenvalue weighted by atomic mass is 10.0. The first kappa shape index (κ1) is 27.1. The number of aliphatic hydroxyl groups excluding tert-OH is 2. The van der Waals surface area contributed by atoms with Gasteiger partial charge in [-0.2, -0.15) is 11.8 Å². The second-order valence-electron chi connectivity index (χ2n) is 6.90. The van der Waals surface area contributed by atoms with Gasteiger partial charge >= 0.3 is 5.97 Å². The van der Waals surface area contributed by atoms with Crippen LogP contribution in [-0.4, -0.2) is 88.4 Å². The molecule has 168 valence electrons. The predicted octanol–water partition coefficient (Wildman–Crippen LogP) is -2.36. The van der Waals surface area contributed by atoms with E-state index in [0.717, 1.165) is 0 Å². The Bertz CT molecular complexity index is 562. The summed E-state index contributed by atoms with van der Waals surface area (Å²) >= 11 is 1.42. The Morgan fingerprint density at radius 3 is 1.86 bits per heavy atom. The van der Waals surface area contributed by atoms with Gasteiger partial charge in [0, 0.05) is 0 Å². The highest BCUT2D eigenvalue weighted by Crippen LogP contribution is 2.06. The molecular weight excluding hydrogens is 404 g/mol. The van der Waals surface area contributed by atoms with Crippen LogP contribution in [0.1, 0.15) is 26.7 Å². The summed E-state index contributed by atoms with van der Waals surface area (Å²) in [4.78, 5) is 48.0. The molecule has 4 unspecified atom stereocenters. The summed E-state index contributed by atoms with van der Waals surface area (Å²) in [5.41, 5.74) is 5.44. The molecule has 0 aromatic rings. The zero-order chi connectivity index (χ0) is 22.6. The van der Waals surface area contributed by atoms with Crippen LogP contribution in [0.15, 0.2) is 0 Å². The first-order valence-corrected chi connectivity index (χ1v) is 10.6. The minimum absolute atomic E-state index is 0.000684. The monoisotopic (exact) mass is 436 g/mol. The van der Waals surface area contributed by atoms with Crippen LogP contribution in [0.3, 0.4) is 0 Å². The molecular formula is C17H32N4O7S. The molecule has 29 heavy (non-hydrogen) atoms. The molecule has 0 aliphatic rings. The van der Waals surface area contributed by atoms with Gasteiger partial charge < -0.3 is 37.0 Å². The predicted molar refractivity (Wildman–Crippen MR) is 108 cm³/mol. The van der Waals surface area contributed by atoms with E-state index in [1.807, 2.05) is 13.8 Å². The van der Waals surface area contributed by atoms with E-state index >= 15 is 0 Å². The molecule has 0 saturated heterocycles. The Kier molecular flexibility index (Phi) is 13.2. The number of rotatable bonds is 14. The summed E-state index contributed by atoms with van der Waals surface area (Å²) in [7, 11) is 0. The van der Waals surface area contributed by atoms with Gasteiger partial charge in [0.05, 0.1) is 13.2 Å². The molecule has 0 aromatic carbocycles. The standard InChI is InChI=1S/C17H32N4O7S/c1-9(2)6-12(20-14(24)10(18)7-22)15(25)21-13(8-23)16(26)19-11(17(27)28)4-5-29-3/h9-13,22-23H,4-8,18H2,1-3H3,(H,19,26)(H,20,24)(H,21,25)(H,27,28). The quantitative estimate of drug-likeness (QED) is 0.156. The summed E-state index contributed by atoms with van der Waals surface area (Å²) in [5, 5.41) is 34.6. The van der Waals surface area contributed by atoms with Gasteiger partial charge in [-0.15, -0.1) is 0 Å². The molecule has 0 heterocycles. The number of carboxylic acids is 1. The number of nitrogens with one attached hydrogen (secondary N) is 3. The highest BCUT2D eigenvalue weighted by molar-refractivity contribution is 7.98. The topological polar surface area (TPSA) is 191 Å². The number of thioether (sulfide) groups is 1. The molecule has 3 amide bonds. The first-order valence-electron chi connectivity index (χ1n) is 9.17. The number of amides is 3. The van der Waals surface area contributed by atoms with Crippen LogP contribution in [0.25, 0.3) is 0 Å². The van der Waals surface area contributed by atoms with Gasteiger partial charge in [0.25, 0.3) is 0 Å². The van der Waals surface area contributed by atoms with Gasteiger partial charge in [0.15, 0.2) is 0 Å². The van der Waals surface area contributed by atoms with Crippen LogP contribution in [-0.2, 0) is 19.2 Å². The molecule has 4 atom stereocenters. The van der Waals surface area contributed by atoms with E-state index in [4.69, 9.17) is 10.8 Å². The average molecular weight is 437 g/mol. The van der Waals surface area contributed by atoms with Crippen LogP contribution in [0.5, 0.6) is 0 Å². The molecule has 8 N–H and O–H groups in total. The van der Waals surface area contributed by atoms with Crippen LogP contribution >= 0.6 is 11.8 Å². The lowest BCUT2D eigenvalue weighted by molar-refractivity contribution is -0.142. The van der Waals surface area contributed by atoms with Crippen molar-refractivity contribution < 1.29 is 34.5 Å². The van der Waals surface area contributed by atoms with E-state index in [2.05, 4.69) is 16.0 Å². The molecule has 11 nitrogen and oxygen atoms in total. The summed E-state index contributed by atoms with van der Waals surface area (Å²) in [6, 6.07) is -4.80. The summed E-state index contributed by atoms with van der Waals surface area (Å²) < 4.78 is 0. The normalized spacial score (nSPS) is 15.1. The SMILES string of the molecule is CSCCC(NC(=O)C(CO)NC(=O)C(CC(C)C)NC(=O)C(N)CO)C(=O)O. The number of nitrogens with two attached hydrogens (primary N) is 1. The molecule has 0 fully saturated rings. The lowest BCUT2D eigenvalue weighted by Crippen LogP contribution is -2.58. The largest absolute Gasteiger partial charge is 0.480 e. The Morgan fingerprint density at radius 2 is 1.41 bits per heavy atom.